The molecule has 44 heavy (non-hydrogen) atoms. The van der Waals surface area contributed by atoms with Gasteiger partial charge in [-0.1, -0.05) is 48.5 Å². The summed E-state index contributed by atoms with van der Waals surface area (Å²) < 4.78 is 17.5. The van der Waals surface area contributed by atoms with Crippen LogP contribution in [0.25, 0.3) is 21.9 Å². The van der Waals surface area contributed by atoms with Gasteiger partial charge in [0.15, 0.2) is 0 Å². The molecule has 1 atom stereocenters. The number of esters is 1. The van der Waals surface area contributed by atoms with Gasteiger partial charge in [0.05, 0.1) is 19.1 Å². The summed E-state index contributed by atoms with van der Waals surface area (Å²) in [4.78, 5) is 31.2. The highest BCUT2D eigenvalue weighted by molar-refractivity contribution is 6.01. The van der Waals surface area contributed by atoms with Crippen LogP contribution >= 0.6 is 0 Å². The molecule has 1 amide bonds. The van der Waals surface area contributed by atoms with Crippen LogP contribution in [0.15, 0.2) is 72.9 Å². The summed E-state index contributed by atoms with van der Waals surface area (Å²) in [5.41, 5.74) is 11.4. The molecule has 0 bridgehead atoms. The predicted molar refractivity (Wildman–Crippen MR) is 170 cm³/mol. The van der Waals surface area contributed by atoms with Gasteiger partial charge in [-0.15, -0.1) is 0 Å². The number of carbonyl (C=O) groups excluding carboxylic acids is 2. The maximum Gasteiger partial charge on any atom is 0.410 e. The standard InChI is InChI=1S/C36H39N3O5/c1-4-42-33(40)21-25-8-5-6-11-31(25)44-32-22-36(15-18-39(19-16-36)35(41)43-23(2)3)30-13-12-24(20-29(30)32)26-9-7-10-28-27(26)14-17-38-34(28)37/h5-14,17,20,23,32H,4,15-16,18-19,21-22H2,1-3H3,(H2,37,38). The van der Waals surface area contributed by atoms with E-state index in [4.69, 9.17) is 19.9 Å². The highest BCUT2D eigenvalue weighted by Gasteiger charge is 2.47. The van der Waals surface area contributed by atoms with E-state index in [0.717, 1.165) is 52.3 Å². The van der Waals surface area contributed by atoms with Gasteiger partial charge in [-0.3, -0.25) is 4.79 Å². The van der Waals surface area contributed by atoms with Crippen LogP contribution in [-0.4, -0.2) is 47.7 Å². The Bertz CT molecular complexity index is 1690. The summed E-state index contributed by atoms with van der Waals surface area (Å²) in [6, 6.07) is 22.5. The second-order valence-corrected chi connectivity index (χ2v) is 12.0. The molecule has 1 aliphatic heterocycles. The number of para-hydroxylation sites is 1. The number of hydrogen-bond donors (Lipinski definition) is 1. The van der Waals surface area contributed by atoms with E-state index in [2.05, 4.69) is 29.2 Å². The Morgan fingerprint density at radius 1 is 1.02 bits per heavy atom. The van der Waals surface area contributed by atoms with Crippen molar-refractivity contribution in [2.45, 2.75) is 64.1 Å². The van der Waals surface area contributed by atoms with Crippen LogP contribution in [0.5, 0.6) is 5.75 Å². The summed E-state index contributed by atoms with van der Waals surface area (Å²) in [5.74, 6) is 0.909. The zero-order valence-corrected chi connectivity index (χ0v) is 25.5. The number of piperidine rings is 1. The van der Waals surface area contributed by atoms with Crippen LogP contribution < -0.4 is 10.5 Å². The van der Waals surface area contributed by atoms with E-state index in [1.807, 2.05) is 61.2 Å². The molecule has 1 unspecified atom stereocenters. The first-order chi connectivity index (χ1) is 21.3. The first-order valence-electron chi connectivity index (χ1n) is 15.4. The molecule has 8 nitrogen and oxygen atoms in total. The quantitative estimate of drug-likeness (QED) is 0.230. The molecule has 0 radical (unpaired) electrons. The van der Waals surface area contributed by atoms with Crippen molar-refractivity contribution in [3.63, 3.8) is 0 Å². The first kappa shape index (κ1) is 29.5. The molecule has 6 rings (SSSR count). The Labute approximate surface area is 258 Å². The Balaban J connectivity index is 1.37. The molecule has 0 saturated carbocycles. The first-order valence-corrected chi connectivity index (χ1v) is 15.4. The summed E-state index contributed by atoms with van der Waals surface area (Å²) >= 11 is 0. The van der Waals surface area contributed by atoms with E-state index in [-0.39, 0.29) is 36.1 Å². The number of pyridine rings is 1. The van der Waals surface area contributed by atoms with Gasteiger partial charge in [-0.25, -0.2) is 9.78 Å². The number of aromatic nitrogens is 1. The number of likely N-dealkylation sites (tertiary alicyclic amines) is 1. The van der Waals surface area contributed by atoms with Gasteiger partial charge in [0, 0.05) is 35.7 Å². The minimum Gasteiger partial charge on any atom is -0.485 e. The number of benzene rings is 3. The Morgan fingerprint density at radius 2 is 1.82 bits per heavy atom. The number of ether oxygens (including phenoxy) is 3. The van der Waals surface area contributed by atoms with Crippen molar-refractivity contribution in [3.05, 3.63) is 89.6 Å². The van der Waals surface area contributed by atoms with Crippen molar-refractivity contribution in [1.29, 1.82) is 0 Å². The maximum atomic E-state index is 12.7. The van der Waals surface area contributed by atoms with Crippen molar-refractivity contribution in [3.8, 4) is 16.9 Å². The molecule has 228 valence electrons. The number of anilines is 1. The number of amides is 1. The van der Waals surface area contributed by atoms with Gasteiger partial charge in [-0.2, -0.15) is 0 Å². The van der Waals surface area contributed by atoms with E-state index in [1.165, 1.54) is 5.56 Å². The minimum absolute atomic E-state index is 0.143. The zero-order valence-electron chi connectivity index (χ0n) is 25.5. The van der Waals surface area contributed by atoms with E-state index in [9.17, 15) is 9.59 Å². The Hall–Kier alpha value is -4.59. The number of rotatable bonds is 7. The monoisotopic (exact) mass is 593 g/mol. The molecule has 2 aliphatic rings. The molecule has 1 fully saturated rings. The van der Waals surface area contributed by atoms with Crippen molar-refractivity contribution < 1.29 is 23.8 Å². The normalized spacial score (nSPS) is 17.1. The van der Waals surface area contributed by atoms with Crippen LogP contribution in [-0.2, 0) is 26.1 Å². The zero-order chi connectivity index (χ0) is 30.8. The second-order valence-electron chi connectivity index (χ2n) is 12.0. The van der Waals surface area contributed by atoms with Gasteiger partial charge in [-0.05, 0) is 85.9 Å². The fraction of sp³-hybridized carbons (Fsp3) is 0.361. The molecule has 1 saturated heterocycles. The van der Waals surface area contributed by atoms with Crippen molar-refractivity contribution in [1.82, 2.24) is 9.88 Å². The third-order valence-electron chi connectivity index (χ3n) is 8.89. The van der Waals surface area contributed by atoms with Crippen molar-refractivity contribution in [2.75, 3.05) is 25.4 Å². The third-order valence-corrected chi connectivity index (χ3v) is 8.89. The van der Waals surface area contributed by atoms with Crippen LogP contribution in [0.2, 0.25) is 0 Å². The number of carbonyl (C=O) groups is 2. The van der Waals surface area contributed by atoms with Gasteiger partial charge in [0.25, 0.3) is 0 Å². The van der Waals surface area contributed by atoms with Gasteiger partial charge < -0.3 is 24.8 Å². The largest absolute Gasteiger partial charge is 0.485 e. The molecule has 1 spiro atoms. The fourth-order valence-corrected chi connectivity index (χ4v) is 6.79. The average molecular weight is 594 g/mol. The number of nitrogens with two attached hydrogens (primary N) is 1. The highest BCUT2D eigenvalue weighted by atomic mass is 16.6. The highest BCUT2D eigenvalue weighted by Crippen LogP contribution is 2.53. The number of hydrogen-bond acceptors (Lipinski definition) is 7. The maximum absolute atomic E-state index is 12.7. The van der Waals surface area contributed by atoms with Gasteiger partial charge in [0.2, 0.25) is 0 Å². The predicted octanol–water partition coefficient (Wildman–Crippen LogP) is 6.99. The van der Waals surface area contributed by atoms with Crippen LogP contribution in [0, 0.1) is 0 Å². The summed E-state index contributed by atoms with van der Waals surface area (Å²) in [6.45, 7) is 7.12. The van der Waals surface area contributed by atoms with Crippen molar-refractivity contribution in [2.24, 2.45) is 0 Å². The molecule has 8 heteroatoms. The number of fused-ring (bicyclic) bond motifs is 3. The summed E-state index contributed by atoms with van der Waals surface area (Å²) in [5, 5.41) is 1.96. The molecule has 2 N–H and O–H groups in total. The van der Waals surface area contributed by atoms with E-state index >= 15 is 0 Å². The molecule has 4 aromatic rings. The van der Waals surface area contributed by atoms with Crippen molar-refractivity contribution >= 4 is 28.7 Å². The Morgan fingerprint density at radius 3 is 2.59 bits per heavy atom. The van der Waals surface area contributed by atoms with Crippen LogP contribution in [0.1, 0.15) is 62.8 Å². The second kappa shape index (κ2) is 12.2. The fourth-order valence-electron chi connectivity index (χ4n) is 6.79. The SMILES string of the molecule is CCOC(=O)Cc1ccccc1OC1CC2(CCN(C(=O)OC(C)C)CC2)c2ccc(-c3cccc4c(N)nccc34)cc21. The van der Waals surface area contributed by atoms with E-state index in [1.54, 1.807) is 13.1 Å². The molecule has 1 aromatic heterocycles. The average Bonchev–Trinajstić information content (AvgIpc) is 3.29. The third kappa shape index (κ3) is 5.68. The molecular formula is C36H39N3O5. The lowest BCUT2D eigenvalue weighted by atomic mass is 9.73. The molecule has 3 aromatic carbocycles. The number of nitrogens with zero attached hydrogens (tertiary/aromatic N) is 2. The molecule has 1 aliphatic carbocycles. The lowest BCUT2D eigenvalue weighted by Gasteiger charge is -2.40. The lowest BCUT2D eigenvalue weighted by molar-refractivity contribution is -0.142. The van der Waals surface area contributed by atoms with Gasteiger partial charge in [0.1, 0.15) is 17.7 Å². The molecular weight excluding hydrogens is 554 g/mol. The smallest absolute Gasteiger partial charge is 0.410 e. The minimum atomic E-state index is -0.278. The van der Waals surface area contributed by atoms with Crippen LogP contribution in [0.3, 0.4) is 0 Å². The van der Waals surface area contributed by atoms with E-state index in [0.29, 0.717) is 31.3 Å². The molecule has 2 heterocycles. The van der Waals surface area contributed by atoms with Gasteiger partial charge >= 0.3 is 12.1 Å². The Kier molecular flexibility index (Phi) is 8.17. The lowest BCUT2D eigenvalue weighted by Crippen LogP contribution is -2.45. The number of nitrogen functional groups attached to an aromatic ring is 1. The van der Waals surface area contributed by atoms with Crippen LogP contribution in [0.4, 0.5) is 10.6 Å². The van der Waals surface area contributed by atoms with E-state index < -0.39 is 0 Å². The topological polar surface area (TPSA) is 104 Å². The summed E-state index contributed by atoms with van der Waals surface area (Å²) in [6.07, 6.45) is 3.65. The summed E-state index contributed by atoms with van der Waals surface area (Å²) in [7, 11) is 0.